The Morgan fingerprint density at radius 1 is 1.38 bits per heavy atom. The molecule has 1 saturated heterocycles. The number of nitrogens with one attached hydrogen (secondary N) is 2. The van der Waals surface area contributed by atoms with Gasteiger partial charge in [0.15, 0.2) is 6.61 Å². The first-order chi connectivity index (χ1) is 11.1. The molecule has 0 aromatic rings. The van der Waals surface area contributed by atoms with Crippen molar-refractivity contribution >= 4 is 23.8 Å². The summed E-state index contributed by atoms with van der Waals surface area (Å²) < 4.78 is 4.87. The number of ether oxygens (including phenoxy) is 1. The van der Waals surface area contributed by atoms with Crippen molar-refractivity contribution < 1.29 is 23.9 Å². The molecule has 0 aromatic carbocycles. The first-order valence-electron chi connectivity index (χ1n) is 8.20. The minimum absolute atomic E-state index is 0.122. The van der Waals surface area contributed by atoms with Crippen LogP contribution in [-0.4, -0.2) is 52.9 Å². The van der Waals surface area contributed by atoms with Gasteiger partial charge in [-0.1, -0.05) is 6.92 Å². The molecule has 2 fully saturated rings. The summed E-state index contributed by atoms with van der Waals surface area (Å²) in [5, 5.41) is 5.38. The number of hydrogen-bond donors (Lipinski definition) is 2. The van der Waals surface area contributed by atoms with E-state index in [1.54, 1.807) is 6.92 Å². The number of urea groups is 1. The number of esters is 1. The molecule has 134 valence electrons. The molecule has 1 saturated carbocycles. The number of rotatable bonds is 7. The van der Waals surface area contributed by atoms with Gasteiger partial charge in [0.2, 0.25) is 0 Å². The van der Waals surface area contributed by atoms with Crippen molar-refractivity contribution in [2.75, 3.05) is 13.2 Å². The predicted molar refractivity (Wildman–Crippen MR) is 84.8 cm³/mol. The fourth-order valence-corrected chi connectivity index (χ4v) is 2.62. The van der Waals surface area contributed by atoms with E-state index in [9.17, 15) is 19.2 Å². The highest BCUT2D eigenvalue weighted by molar-refractivity contribution is 6.08. The largest absolute Gasteiger partial charge is 0.454 e. The molecule has 1 aliphatic carbocycles. The molecule has 4 amide bonds. The van der Waals surface area contributed by atoms with E-state index < -0.39 is 42.5 Å². The molecule has 0 radical (unpaired) electrons. The number of carbonyl (C=O) groups is 4. The van der Waals surface area contributed by atoms with Gasteiger partial charge in [-0.15, -0.1) is 0 Å². The quantitative estimate of drug-likeness (QED) is 0.521. The van der Waals surface area contributed by atoms with Gasteiger partial charge in [-0.25, -0.2) is 4.79 Å². The average Bonchev–Trinajstić information content (AvgIpc) is 3.31. The lowest BCUT2D eigenvalue weighted by molar-refractivity contribution is -0.151. The van der Waals surface area contributed by atoms with Gasteiger partial charge in [0, 0.05) is 5.54 Å². The molecule has 24 heavy (non-hydrogen) atoms. The fraction of sp³-hybridized carbons (Fsp3) is 0.750. The maximum Gasteiger partial charge on any atom is 0.326 e. The molecule has 8 nitrogen and oxygen atoms in total. The Labute approximate surface area is 141 Å². The summed E-state index contributed by atoms with van der Waals surface area (Å²) in [5.41, 5.74) is -1.32. The third-order valence-corrected chi connectivity index (χ3v) is 4.71. The first-order valence-corrected chi connectivity index (χ1v) is 8.20. The second-order valence-electron chi connectivity index (χ2n) is 7.24. The van der Waals surface area contributed by atoms with Crippen LogP contribution in [0.1, 0.15) is 47.0 Å². The van der Waals surface area contributed by atoms with Gasteiger partial charge in [0.1, 0.15) is 12.1 Å². The second kappa shape index (κ2) is 6.41. The summed E-state index contributed by atoms with van der Waals surface area (Å²) >= 11 is 0. The van der Waals surface area contributed by atoms with Crippen LogP contribution in [0.2, 0.25) is 0 Å². The van der Waals surface area contributed by atoms with Crippen LogP contribution in [0.3, 0.4) is 0 Å². The predicted octanol–water partition coefficient (Wildman–Crippen LogP) is 0.555. The van der Waals surface area contributed by atoms with Gasteiger partial charge < -0.3 is 15.4 Å². The summed E-state index contributed by atoms with van der Waals surface area (Å²) in [4.78, 5) is 48.8. The maximum atomic E-state index is 12.4. The Hall–Kier alpha value is -2.12. The highest BCUT2D eigenvalue weighted by Gasteiger charge is 2.56. The molecular weight excluding hydrogens is 314 g/mol. The minimum Gasteiger partial charge on any atom is -0.454 e. The molecule has 0 unspecified atom stereocenters. The lowest BCUT2D eigenvalue weighted by atomic mass is 9.96. The molecule has 0 aromatic heterocycles. The summed E-state index contributed by atoms with van der Waals surface area (Å²) in [6.07, 6.45) is 2.50. The van der Waals surface area contributed by atoms with Crippen molar-refractivity contribution in [2.24, 2.45) is 5.92 Å². The normalized spacial score (nSPS) is 23.9. The Bertz CT molecular complexity index is 570. The van der Waals surface area contributed by atoms with Gasteiger partial charge in [0.25, 0.3) is 11.8 Å². The molecule has 1 atom stereocenters. The Kier molecular flexibility index (Phi) is 4.87. The molecule has 1 aliphatic heterocycles. The number of carbonyl (C=O) groups excluding carboxylic acids is 4. The first kappa shape index (κ1) is 18.2. The van der Waals surface area contributed by atoms with Gasteiger partial charge >= 0.3 is 12.0 Å². The third-order valence-electron chi connectivity index (χ3n) is 4.71. The van der Waals surface area contributed by atoms with E-state index in [1.165, 1.54) is 0 Å². The topological polar surface area (TPSA) is 105 Å². The molecule has 0 spiro atoms. The summed E-state index contributed by atoms with van der Waals surface area (Å²) in [6.45, 7) is 6.40. The molecule has 2 aliphatic rings. The zero-order chi connectivity index (χ0) is 18.1. The highest BCUT2D eigenvalue weighted by Crippen LogP contribution is 2.42. The van der Waals surface area contributed by atoms with Gasteiger partial charge in [-0.2, -0.15) is 0 Å². The van der Waals surface area contributed by atoms with E-state index in [0.717, 1.165) is 24.2 Å². The van der Waals surface area contributed by atoms with Crippen LogP contribution >= 0.6 is 0 Å². The Balaban J connectivity index is 1.83. The van der Waals surface area contributed by atoms with E-state index >= 15 is 0 Å². The molecule has 2 N–H and O–H groups in total. The average molecular weight is 339 g/mol. The lowest BCUT2D eigenvalue weighted by Crippen LogP contribution is -2.46. The highest BCUT2D eigenvalue weighted by atomic mass is 16.5. The summed E-state index contributed by atoms with van der Waals surface area (Å²) in [7, 11) is 0. The van der Waals surface area contributed by atoms with E-state index in [1.807, 2.05) is 20.8 Å². The van der Waals surface area contributed by atoms with E-state index in [2.05, 4.69) is 10.6 Å². The van der Waals surface area contributed by atoms with Gasteiger partial charge in [0.05, 0.1) is 0 Å². The van der Waals surface area contributed by atoms with Crippen LogP contribution in [0.4, 0.5) is 4.79 Å². The van der Waals surface area contributed by atoms with Crippen LogP contribution < -0.4 is 10.6 Å². The standard InChI is InChI=1S/C16H25N3O5/c1-5-15(2,3)17-11(20)9-24-12(21)8-19-13(22)16(4,10-6-7-10)18-14(19)23/h10H,5-9H2,1-4H3,(H,17,20)(H,18,23)/t16-/m0/s1. The van der Waals surface area contributed by atoms with Crippen molar-refractivity contribution in [2.45, 2.75) is 58.0 Å². The van der Waals surface area contributed by atoms with E-state index in [-0.39, 0.29) is 11.5 Å². The lowest BCUT2D eigenvalue weighted by Gasteiger charge is -2.24. The Morgan fingerprint density at radius 2 is 2.00 bits per heavy atom. The monoisotopic (exact) mass is 339 g/mol. The minimum atomic E-state index is -0.931. The number of imide groups is 1. The van der Waals surface area contributed by atoms with Crippen LogP contribution in [0, 0.1) is 5.92 Å². The number of nitrogens with zero attached hydrogens (tertiary/aromatic N) is 1. The zero-order valence-corrected chi connectivity index (χ0v) is 14.6. The van der Waals surface area contributed by atoms with Gasteiger partial charge in [-0.3, -0.25) is 19.3 Å². The van der Waals surface area contributed by atoms with Crippen molar-refractivity contribution in [3.05, 3.63) is 0 Å². The number of hydrogen-bond acceptors (Lipinski definition) is 5. The molecule has 0 bridgehead atoms. The smallest absolute Gasteiger partial charge is 0.326 e. The van der Waals surface area contributed by atoms with Crippen molar-refractivity contribution in [3.63, 3.8) is 0 Å². The molecule has 8 heteroatoms. The summed E-state index contributed by atoms with van der Waals surface area (Å²) in [6, 6.07) is -0.595. The maximum absolute atomic E-state index is 12.4. The van der Waals surface area contributed by atoms with Crippen molar-refractivity contribution in [3.8, 4) is 0 Å². The van der Waals surface area contributed by atoms with Crippen LogP contribution in [-0.2, 0) is 19.1 Å². The third kappa shape index (κ3) is 3.85. The van der Waals surface area contributed by atoms with E-state index in [4.69, 9.17) is 4.74 Å². The zero-order valence-electron chi connectivity index (χ0n) is 14.6. The molecular formula is C16H25N3O5. The van der Waals surface area contributed by atoms with Crippen LogP contribution in [0.25, 0.3) is 0 Å². The number of amides is 4. The fourth-order valence-electron chi connectivity index (χ4n) is 2.62. The van der Waals surface area contributed by atoms with Crippen LogP contribution in [0.15, 0.2) is 0 Å². The SMILES string of the molecule is CCC(C)(C)NC(=O)COC(=O)CN1C(=O)N[C@@](C)(C2CC2)C1=O. The Morgan fingerprint density at radius 3 is 2.54 bits per heavy atom. The summed E-state index contributed by atoms with van der Waals surface area (Å²) in [5.74, 6) is -1.50. The van der Waals surface area contributed by atoms with Crippen LogP contribution in [0.5, 0.6) is 0 Å². The van der Waals surface area contributed by atoms with Crippen molar-refractivity contribution in [1.82, 2.24) is 15.5 Å². The van der Waals surface area contributed by atoms with Gasteiger partial charge in [-0.05, 0) is 46.0 Å². The molecule has 2 rings (SSSR count). The molecule has 1 heterocycles. The van der Waals surface area contributed by atoms with E-state index in [0.29, 0.717) is 0 Å². The second-order valence-corrected chi connectivity index (χ2v) is 7.24. The van der Waals surface area contributed by atoms with Crippen molar-refractivity contribution in [1.29, 1.82) is 0 Å².